The number of halogens is 4. The molecule has 10 heteroatoms. The van der Waals surface area contributed by atoms with Gasteiger partial charge < -0.3 is 9.67 Å². The van der Waals surface area contributed by atoms with Gasteiger partial charge in [0.15, 0.2) is 5.16 Å². The molecule has 1 unspecified atom stereocenters. The Morgan fingerprint density at radius 1 is 0.925 bits per heavy atom. The fourth-order valence-corrected chi connectivity index (χ4v) is 5.91. The van der Waals surface area contributed by atoms with Gasteiger partial charge >= 0.3 is 12.1 Å². The zero-order chi connectivity index (χ0) is 28.4. The molecule has 1 heterocycles. The monoisotopic (exact) mass is 568 g/mol. The van der Waals surface area contributed by atoms with Crippen molar-refractivity contribution in [3.05, 3.63) is 117 Å². The molecule has 1 N–H and O–H groups in total. The van der Waals surface area contributed by atoms with Crippen molar-refractivity contribution in [3.8, 4) is 11.1 Å². The van der Waals surface area contributed by atoms with Gasteiger partial charge in [-0.15, -0.1) is 0 Å². The maximum Gasteiger partial charge on any atom is 0.416 e. The van der Waals surface area contributed by atoms with E-state index in [2.05, 4.69) is 4.98 Å². The average molecular weight is 569 g/mol. The number of carboxylic acids is 1. The number of carboxylic acid groups (broad SMARTS) is 1. The summed E-state index contributed by atoms with van der Waals surface area (Å²) in [5, 5.41) is 10.6. The summed E-state index contributed by atoms with van der Waals surface area (Å²) >= 11 is 1.23. The largest absolute Gasteiger partial charge is 0.480 e. The molecule has 0 radical (unpaired) electrons. The van der Waals surface area contributed by atoms with Gasteiger partial charge in [-0.05, 0) is 65.8 Å². The lowest BCUT2D eigenvalue weighted by Crippen LogP contribution is -2.30. The highest BCUT2D eigenvalue weighted by atomic mass is 32.2. The maximum atomic E-state index is 13.3. The van der Waals surface area contributed by atoms with Crippen LogP contribution >= 0.6 is 11.8 Å². The fraction of sp³-hybridized carbons (Fsp3) is 0.233. The van der Waals surface area contributed by atoms with Crippen LogP contribution in [0.3, 0.4) is 0 Å². The summed E-state index contributed by atoms with van der Waals surface area (Å²) in [6.07, 6.45) is -2.47. The quantitative estimate of drug-likeness (QED) is 0.145. The lowest BCUT2D eigenvalue weighted by molar-refractivity contribution is -0.141. The number of fused-ring (bicyclic) bond motifs is 1. The predicted molar refractivity (Wildman–Crippen MR) is 144 cm³/mol. The van der Waals surface area contributed by atoms with Crippen LogP contribution in [0.15, 0.2) is 82.7 Å². The van der Waals surface area contributed by atoms with Gasteiger partial charge in [-0.2, -0.15) is 18.2 Å². The molecule has 3 aromatic carbocycles. The first kappa shape index (κ1) is 27.6. The van der Waals surface area contributed by atoms with Gasteiger partial charge in [0.1, 0.15) is 11.9 Å². The van der Waals surface area contributed by atoms with E-state index in [0.717, 1.165) is 24.1 Å². The minimum atomic E-state index is -4.42. The average Bonchev–Trinajstić information content (AvgIpc) is 3.42. The Balaban J connectivity index is 1.43. The Morgan fingerprint density at radius 3 is 2.12 bits per heavy atom. The number of alkyl halides is 3. The molecule has 0 fully saturated rings. The second kappa shape index (κ2) is 11.3. The number of hydrogen-bond donors (Lipinski definition) is 1. The summed E-state index contributed by atoms with van der Waals surface area (Å²) in [6.45, 7) is 0. The number of rotatable bonds is 8. The summed E-state index contributed by atoms with van der Waals surface area (Å²) in [4.78, 5) is 29.6. The van der Waals surface area contributed by atoms with Crippen molar-refractivity contribution in [1.82, 2.24) is 9.55 Å². The molecule has 4 aromatic rings. The molecular formula is C30H24F4N2O3S. The third-order valence-corrected chi connectivity index (χ3v) is 7.97. The van der Waals surface area contributed by atoms with Gasteiger partial charge in [-0.3, -0.25) is 4.79 Å². The Kier molecular flexibility index (Phi) is 7.80. The summed E-state index contributed by atoms with van der Waals surface area (Å²) in [5.74, 6) is -1.06. The van der Waals surface area contributed by atoms with Crippen LogP contribution < -0.4 is 5.56 Å². The third-order valence-electron chi connectivity index (χ3n) is 6.95. The topological polar surface area (TPSA) is 72.2 Å². The van der Waals surface area contributed by atoms with Crippen LogP contribution in [0.2, 0.25) is 0 Å². The van der Waals surface area contributed by atoms with Crippen LogP contribution in [-0.4, -0.2) is 20.6 Å². The molecule has 0 amide bonds. The maximum absolute atomic E-state index is 13.3. The minimum Gasteiger partial charge on any atom is -0.480 e. The first-order valence-electron chi connectivity index (χ1n) is 12.6. The number of hydrogen-bond acceptors (Lipinski definition) is 4. The summed E-state index contributed by atoms with van der Waals surface area (Å²) in [6, 6.07) is 16.8. The van der Waals surface area contributed by atoms with E-state index in [0.29, 0.717) is 51.7 Å². The minimum absolute atomic E-state index is 0.115. The molecule has 206 valence electrons. The van der Waals surface area contributed by atoms with Crippen LogP contribution in [0.4, 0.5) is 17.6 Å². The molecule has 1 atom stereocenters. The molecule has 40 heavy (non-hydrogen) atoms. The van der Waals surface area contributed by atoms with Gasteiger partial charge in [0.2, 0.25) is 0 Å². The van der Waals surface area contributed by atoms with Crippen LogP contribution in [0, 0.1) is 5.82 Å². The zero-order valence-corrected chi connectivity index (χ0v) is 21.9. The van der Waals surface area contributed by atoms with Crippen molar-refractivity contribution in [2.45, 2.75) is 48.8 Å². The number of carbonyl (C=O) groups is 1. The van der Waals surface area contributed by atoms with Crippen molar-refractivity contribution in [2.75, 3.05) is 0 Å². The highest BCUT2D eigenvalue weighted by Gasteiger charge is 2.31. The molecule has 0 saturated carbocycles. The van der Waals surface area contributed by atoms with E-state index in [9.17, 15) is 32.3 Å². The second-order valence-corrected chi connectivity index (χ2v) is 10.5. The first-order valence-corrected chi connectivity index (χ1v) is 13.6. The predicted octanol–water partition coefficient (Wildman–Crippen LogP) is 6.72. The number of benzene rings is 3. The lowest BCUT2D eigenvalue weighted by atomic mass is 9.99. The van der Waals surface area contributed by atoms with Crippen LogP contribution in [0.5, 0.6) is 0 Å². The molecule has 5 rings (SSSR count). The van der Waals surface area contributed by atoms with E-state index in [1.165, 1.54) is 36.0 Å². The van der Waals surface area contributed by atoms with E-state index in [1.807, 2.05) is 0 Å². The summed E-state index contributed by atoms with van der Waals surface area (Å²) in [5.41, 5.74) is 2.96. The number of nitrogens with zero attached hydrogens (tertiary/aromatic N) is 2. The normalized spacial score (nSPS) is 13.7. The zero-order valence-electron chi connectivity index (χ0n) is 21.1. The standard InChI is InChI=1S/C30H24F4N2O3S/c31-23-14-6-19(7-15-23)17-40-29-35-27(37)24-2-1-3-25(24)36(29)26(28(38)39)16-18-4-8-20(9-5-18)21-10-12-22(13-11-21)30(32,33)34/h4-15,26H,1-3,16-17H2,(H,38,39). The summed E-state index contributed by atoms with van der Waals surface area (Å²) in [7, 11) is 0. The number of aliphatic carboxylic acids is 1. The molecule has 0 bridgehead atoms. The molecule has 1 aliphatic rings. The van der Waals surface area contributed by atoms with Gasteiger partial charge in [0, 0.05) is 23.4 Å². The van der Waals surface area contributed by atoms with Crippen molar-refractivity contribution < 1.29 is 27.5 Å². The van der Waals surface area contributed by atoms with Gasteiger partial charge in [-0.1, -0.05) is 60.3 Å². The van der Waals surface area contributed by atoms with Gasteiger partial charge in [-0.25, -0.2) is 9.18 Å². The lowest BCUT2D eigenvalue weighted by Gasteiger charge is -2.23. The Labute approximate surface area is 231 Å². The second-order valence-electron chi connectivity index (χ2n) is 9.59. The number of thioether (sulfide) groups is 1. The van der Waals surface area contributed by atoms with Crippen LogP contribution in [0.25, 0.3) is 11.1 Å². The third kappa shape index (κ3) is 5.96. The van der Waals surface area contributed by atoms with Crippen LogP contribution in [-0.2, 0) is 36.0 Å². The Hall–Kier alpha value is -3.92. The van der Waals surface area contributed by atoms with E-state index < -0.39 is 23.8 Å². The summed E-state index contributed by atoms with van der Waals surface area (Å²) < 4.78 is 53.7. The first-order chi connectivity index (χ1) is 19.1. The smallest absolute Gasteiger partial charge is 0.416 e. The molecule has 0 spiro atoms. The van der Waals surface area contributed by atoms with Crippen molar-refractivity contribution in [1.29, 1.82) is 0 Å². The van der Waals surface area contributed by atoms with Gasteiger partial charge in [0.25, 0.3) is 5.56 Å². The van der Waals surface area contributed by atoms with Crippen LogP contribution in [0.1, 0.15) is 40.4 Å². The SMILES string of the molecule is O=C(O)C(Cc1ccc(-c2ccc(C(F)(F)F)cc2)cc1)n1c(SCc2ccc(F)cc2)nc(=O)c2c1CCC2. The molecule has 1 aromatic heterocycles. The Morgan fingerprint density at radius 2 is 1.52 bits per heavy atom. The molecule has 0 saturated heterocycles. The van der Waals surface area contributed by atoms with Crippen molar-refractivity contribution >= 4 is 17.7 Å². The molecule has 1 aliphatic carbocycles. The fourth-order valence-electron chi connectivity index (χ4n) is 4.90. The highest BCUT2D eigenvalue weighted by Crippen LogP contribution is 2.33. The molecule has 5 nitrogen and oxygen atoms in total. The number of aromatic nitrogens is 2. The molecule has 0 aliphatic heterocycles. The van der Waals surface area contributed by atoms with Crippen molar-refractivity contribution in [2.24, 2.45) is 0 Å². The Bertz CT molecular complexity index is 1580. The molecular weight excluding hydrogens is 544 g/mol. The van der Waals surface area contributed by atoms with E-state index >= 15 is 0 Å². The van der Waals surface area contributed by atoms with Gasteiger partial charge in [0.05, 0.1) is 5.56 Å². The van der Waals surface area contributed by atoms with E-state index in [1.54, 1.807) is 41.0 Å². The highest BCUT2D eigenvalue weighted by molar-refractivity contribution is 7.98. The van der Waals surface area contributed by atoms with E-state index in [-0.39, 0.29) is 17.8 Å². The van der Waals surface area contributed by atoms with E-state index in [4.69, 9.17) is 0 Å². The van der Waals surface area contributed by atoms with Crippen molar-refractivity contribution in [3.63, 3.8) is 0 Å².